The number of hydrogen-bond acceptors (Lipinski definition) is 4. The minimum Gasteiger partial charge on any atom is -0.308 e. The molecular weight excluding hydrogens is 256 g/mol. The Labute approximate surface area is 121 Å². The third-order valence-electron chi connectivity index (χ3n) is 3.06. The SMILES string of the molecule is CCCN(CCN(C)C)CC(=O)c1ccc(CC)s1. The summed E-state index contributed by atoms with van der Waals surface area (Å²) < 4.78 is 0. The predicted octanol–water partition coefficient (Wildman–Crippen LogP) is 2.77. The Balaban J connectivity index is 2.54. The molecule has 0 spiro atoms. The quantitative estimate of drug-likeness (QED) is 0.651. The highest BCUT2D eigenvalue weighted by Crippen LogP contribution is 2.17. The van der Waals surface area contributed by atoms with Crippen LogP contribution in [0, 0.1) is 0 Å². The van der Waals surface area contributed by atoms with E-state index in [2.05, 4.69) is 43.8 Å². The number of rotatable bonds is 9. The molecule has 1 aromatic heterocycles. The molecule has 108 valence electrons. The molecule has 3 nitrogen and oxygen atoms in total. The third-order valence-corrected chi connectivity index (χ3v) is 4.33. The van der Waals surface area contributed by atoms with Gasteiger partial charge in [0.2, 0.25) is 0 Å². The number of carbonyl (C=O) groups is 1. The van der Waals surface area contributed by atoms with E-state index in [1.807, 2.05) is 6.07 Å². The number of hydrogen-bond donors (Lipinski definition) is 0. The number of carbonyl (C=O) groups excluding carboxylic acids is 1. The van der Waals surface area contributed by atoms with Gasteiger partial charge in [-0.05, 0) is 45.6 Å². The molecule has 1 aromatic rings. The number of thiophene rings is 1. The van der Waals surface area contributed by atoms with Crippen molar-refractivity contribution in [2.24, 2.45) is 0 Å². The lowest BCUT2D eigenvalue weighted by atomic mass is 10.2. The summed E-state index contributed by atoms with van der Waals surface area (Å²) in [6, 6.07) is 4.05. The van der Waals surface area contributed by atoms with E-state index < -0.39 is 0 Å². The van der Waals surface area contributed by atoms with Crippen molar-refractivity contribution in [3.63, 3.8) is 0 Å². The highest BCUT2D eigenvalue weighted by molar-refractivity contribution is 7.14. The zero-order valence-corrected chi connectivity index (χ0v) is 13.4. The van der Waals surface area contributed by atoms with Gasteiger partial charge in [-0.2, -0.15) is 0 Å². The Kier molecular flexibility index (Phi) is 7.28. The maximum atomic E-state index is 12.3. The van der Waals surface area contributed by atoms with Crippen LogP contribution in [0.5, 0.6) is 0 Å². The molecule has 0 amide bonds. The molecule has 1 rings (SSSR count). The van der Waals surface area contributed by atoms with Gasteiger partial charge in [0, 0.05) is 18.0 Å². The molecule has 0 unspecified atom stereocenters. The fourth-order valence-electron chi connectivity index (χ4n) is 1.93. The van der Waals surface area contributed by atoms with Gasteiger partial charge in [-0.3, -0.25) is 9.69 Å². The number of aryl methyl sites for hydroxylation is 1. The van der Waals surface area contributed by atoms with Crippen molar-refractivity contribution in [1.82, 2.24) is 9.80 Å². The van der Waals surface area contributed by atoms with E-state index in [4.69, 9.17) is 0 Å². The maximum Gasteiger partial charge on any atom is 0.186 e. The van der Waals surface area contributed by atoms with Crippen molar-refractivity contribution in [3.05, 3.63) is 21.9 Å². The predicted molar refractivity (Wildman–Crippen MR) is 83.3 cm³/mol. The molecular formula is C15H26N2OS. The zero-order chi connectivity index (χ0) is 14.3. The van der Waals surface area contributed by atoms with Crippen molar-refractivity contribution in [2.75, 3.05) is 40.3 Å². The molecule has 0 aromatic carbocycles. The molecule has 4 heteroatoms. The molecule has 0 aliphatic rings. The second-order valence-corrected chi connectivity index (χ2v) is 6.29. The molecule has 0 aliphatic carbocycles. The van der Waals surface area contributed by atoms with Gasteiger partial charge in [0.05, 0.1) is 11.4 Å². The summed E-state index contributed by atoms with van der Waals surface area (Å²) in [4.78, 5) is 18.9. The maximum absolute atomic E-state index is 12.3. The van der Waals surface area contributed by atoms with Gasteiger partial charge in [-0.15, -0.1) is 11.3 Å². The van der Waals surface area contributed by atoms with Crippen LogP contribution in [0.15, 0.2) is 12.1 Å². The van der Waals surface area contributed by atoms with Crippen molar-refractivity contribution in [2.45, 2.75) is 26.7 Å². The zero-order valence-electron chi connectivity index (χ0n) is 12.6. The van der Waals surface area contributed by atoms with Crippen LogP contribution in [0.1, 0.15) is 34.8 Å². The molecule has 0 saturated heterocycles. The fraction of sp³-hybridized carbons (Fsp3) is 0.667. The van der Waals surface area contributed by atoms with E-state index in [-0.39, 0.29) is 5.78 Å². The van der Waals surface area contributed by atoms with Crippen LogP contribution in [0.2, 0.25) is 0 Å². The summed E-state index contributed by atoms with van der Waals surface area (Å²) >= 11 is 1.64. The summed E-state index contributed by atoms with van der Waals surface area (Å²) in [7, 11) is 4.14. The highest BCUT2D eigenvalue weighted by Gasteiger charge is 2.14. The first-order chi connectivity index (χ1) is 9.06. The fourth-order valence-corrected chi connectivity index (χ4v) is 2.80. The van der Waals surface area contributed by atoms with E-state index in [1.165, 1.54) is 4.88 Å². The van der Waals surface area contributed by atoms with E-state index in [0.717, 1.165) is 37.4 Å². The lowest BCUT2D eigenvalue weighted by Gasteiger charge is -2.22. The van der Waals surface area contributed by atoms with Gasteiger partial charge >= 0.3 is 0 Å². The summed E-state index contributed by atoms with van der Waals surface area (Å²) in [5.74, 6) is 0.261. The Morgan fingerprint density at radius 3 is 2.42 bits per heavy atom. The van der Waals surface area contributed by atoms with E-state index in [9.17, 15) is 4.79 Å². The summed E-state index contributed by atoms with van der Waals surface area (Å²) in [6.07, 6.45) is 2.10. The smallest absolute Gasteiger partial charge is 0.186 e. The Morgan fingerprint density at radius 2 is 1.89 bits per heavy atom. The van der Waals surface area contributed by atoms with Gasteiger partial charge in [-0.1, -0.05) is 13.8 Å². The average Bonchev–Trinajstić information content (AvgIpc) is 2.85. The molecule has 1 heterocycles. The molecule has 0 atom stereocenters. The first kappa shape index (κ1) is 16.3. The van der Waals surface area contributed by atoms with Crippen LogP contribution in [-0.4, -0.2) is 55.9 Å². The standard InChI is InChI=1S/C15H26N2OS/c1-5-9-17(11-10-16(3)4)12-14(18)15-8-7-13(6-2)19-15/h7-8H,5-6,9-12H2,1-4H3. The molecule has 0 saturated carbocycles. The monoisotopic (exact) mass is 282 g/mol. The number of Topliss-reactive ketones (excluding diaryl/α,β-unsaturated/α-hetero) is 1. The van der Waals surface area contributed by atoms with Crippen LogP contribution in [0.3, 0.4) is 0 Å². The van der Waals surface area contributed by atoms with Crippen molar-refractivity contribution < 1.29 is 4.79 Å². The Morgan fingerprint density at radius 1 is 1.16 bits per heavy atom. The summed E-state index contributed by atoms with van der Waals surface area (Å²) in [6.45, 7) is 7.78. The Hall–Kier alpha value is -0.710. The number of ketones is 1. The highest BCUT2D eigenvalue weighted by atomic mass is 32.1. The van der Waals surface area contributed by atoms with E-state index in [1.54, 1.807) is 11.3 Å². The lowest BCUT2D eigenvalue weighted by Crippen LogP contribution is -2.36. The third kappa shape index (κ3) is 5.85. The molecule has 0 aliphatic heterocycles. The molecule has 0 fully saturated rings. The molecule has 19 heavy (non-hydrogen) atoms. The summed E-state index contributed by atoms with van der Waals surface area (Å²) in [5, 5.41) is 0. The van der Waals surface area contributed by atoms with Crippen LogP contribution in [0.4, 0.5) is 0 Å². The van der Waals surface area contributed by atoms with Gasteiger partial charge in [-0.25, -0.2) is 0 Å². The van der Waals surface area contributed by atoms with Crippen molar-refractivity contribution >= 4 is 17.1 Å². The minimum absolute atomic E-state index is 0.261. The Bertz CT molecular complexity index is 387. The van der Waals surface area contributed by atoms with Gasteiger partial charge in [0.25, 0.3) is 0 Å². The number of likely N-dealkylation sites (N-methyl/N-ethyl adjacent to an activating group) is 1. The van der Waals surface area contributed by atoms with Crippen molar-refractivity contribution in [3.8, 4) is 0 Å². The first-order valence-electron chi connectivity index (χ1n) is 7.05. The lowest BCUT2D eigenvalue weighted by molar-refractivity contribution is 0.0929. The normalized spacial score (nSPS) is 11.5. The van der Waals surface area contributed by atoms with Crippen LogP contribution < -0.4 is 0 Å². The molecule has 0 N–H and O–H groups in total. The van der Waals surface area contributed by atoms with Crippen molar-refractivity contribution in [1.29, 1.82) is 0 Å². The average molecular weight is 282 g/mol. The van der Waals surface area contributed by atoms with Crippen LogP contribution in [-0.2, 0) is 6.42 Å². The molecule has 0 radical (unpaired) electrons. The largest absolute Gasteiger partial charge is 0.308 e. The van der Waals surface area contributed by atoms with Crippen LogP contribution >= 0.6 is 11.3 Å². The topological polar surface area (TPSA) is 23.6 Å². The number of nitrogens with zero attached hydrogens (tertiary/aromatic N) is 2. The van der Waals surface area contributed by atoms with Gasteiger partial charge in [0.1, 0.15) is 0 Å². The minimum atomic E-state index is 0.261. The second kappa shape index (κ2) is 8.46. The van der Waals surface area contributed by atoms with Gasteiger partial charge in [0.15, 0.2) is 5.78 Å². The van der Waals surface area contributed by atoms with E-state index >= 15 is 0 Å². The van der Waals surface area contributed by atoms with Gasteiger partial charge < -0.3 is 4.90 Å². The molecule has 0 bridgehead atoms. The van der Waals surface area contributed by atoms with E-state index in [0.29, 0.717) is 6.54 Å². The van der Waals surface area contributed by atoms with Crippen LogP contribution in [0.25, 0.3) is 0 Å². The summed E-state index contributed by atoms with van der Waals surface area (Å²) in [5.41, 5.74) is 0. The first-order valence-corrected chi connectivity index (χ1v) is 7.87. The second-order valence-electron chi connectivity index (χ2n) is 5.12.